The predicted molar refractivity (Wildman–Crippen MR) is 153 cm³/mol. The lowest BCUT2D eigenvalue weighted by Gasteiger charge is -2.26. The maximum atomic E-state index is 13.4. The van der Waals surface area contributed by atoms with Gasteiger partial charge in [-0.1, -0.05) is 35.0 Å². The number of nitrogens with one attached hydrogen (secondary N) is 1. The highest BCUT2D eigenvalue weighted by atomic mass is 35.5. The van der Waals surface area contributed by atoms with Crippen LogP contribution in [0.4, 0.5) is 0 Å². The van der Waals surface area contributed by atoms with Crippen molar-refractivity contribution in [1.82, 2.24) is 20.0 Å². The Bertz CT molecular complexity index is 1580. The van der Waals surface area contributed by atoms with Crippen LogP contribution in [0.15, 0.2) is 42.5 Å². The Labute approximate surface area is 242 Å². The van der Waals surface area contributed by atoms with Gasteiger partial charge >= 0.3 is 0 Å². The van der Waals surface area contributed by atoms with E-state index in [-0.39, 0.29) is 43.3 Å². The molecule has 1 fully saturated rings. The number of sulfone groups is 1. The number of hydrogen-bond acceptors (Lipinski definition) is 7. The van der Waals surface area contributed by atoms with Gasteiger partial charge < -0.3 is 10.5 Å². The van der Waals surface area contributed by atoms with Gasteiger partial charge in [-0.05, 0) is 42.5 Å². The van der Waals surface area contributed by atoms with Crippen molar-refractivity contribution in [2.24, 2.45) is 5.73 Å². The SMILES string of the molecule is COCc1c(C(=O)NN2CCS(=O)(=O)CC2)nc(-c2ccc(Cl)cc2Cl)n1-c1ccc(C#CCCC(N)=O)cc1. The Kier molecular flexibility index (Phi) is 9.50. The lowest BCUT2D eigenvalue weighted by molar-refractivity contribution is -0.117. The average molecular weight is 605 g/mol. The van der Waals surface area contributed by atoms with E-state index >= 15 is 0 Å². The molecule has 2 heterocycles. The number of nitrogens with zero attached hydrogens (tertiary/aromatic N) is 3. The Morgan fingerprint density at radius 2 is 1.82 bits per heavy atom. The number of nitrogens with two attached hydrogens (primary N) is 1. The van der Waals surface area contributed by atoms with E-state index in [1.165, 1.54) is 7.11 Å². The third kappa shape index (κ3) is 7.21. The number of carbonyl (C=O) groups excluding carboxylic acids is 2. The Morgan fingerprint density at radius 1 is 1.12 bits per heavy atom. The standard InChI is InChI=1S/C27H27Cl2N5O5S/c1-39-17-23-25(27(36)32-33-12-14-40(37,38)15-13-33)31-26(21-11-8-19(28)16-22(21)29)34(23)20-9-6-18(7-10-20)4-2-3-5-24(30)35/h6-11,16H,3,5,12-15,17H2,1H3,(H2,30,35)(H,32,36). The van der Waals surface area contributed by atoms with Gasteiger partial charge in [0.25, 0.3) is 5.91 Å². The number of benzene rings is 2. The number of halogens is 2. The normalized spacial score (nSPS) is 14.8. The van der Waals surface area contributed by atoms with Crippen LogP contribution in [0.1, 0.15) is 34.6 Å². The molecule has 4 rings (SSSR count). The van der Waals surface area contributed by atoms with Gasteiger partial charge in [-0.3, -0.25) is 19.6 Å². The summed E-state index contributed by atoms with van der Waals surface area (Å²) in [5, 5.41) is 2.36. The second kappa shape index (κ2) is 12.8. The molecule has 0 spiro atoms. The summed E-state index contributed by atoms with van der Waals surface area (Å²) in [6, 6.07) is 12.3. The fraction of sp³-hybridized carbons (Fsp3) is 0.296. The zero-order valence-electron chi connectivity index (χ0n) is 21.6. The van der Waals surface area contributed by atoms with Crippen molar-refractivity contribution < 1.29 is 22.7 Å². The zero-order chi connectivity index (χ0) is 28.9. The fourth-order valence-electron chi connectivity index (χ4n) is 4.10. The summed E-state index contributed by atoms with van der Waals surface area (Å²) in [5.41, 5.74) is 10.5. The van der Waals surface area contributed by atoms with E-state index in [0.29, 0.717) is 39.2 Å². The van der Waals surface area contributed by atoms with Gasteiger partial charge in [-0.15, -0.1) is 0 Å². The Balaban J connectivity index is 1.76. The van der Waals surface area contributed by atoms with Gasteiger partial charge in [0.1, 0.15) is 5.82 Å². The molecule has 0 bridgehead atoms. The van der Waals surface area contributed by atoms with Crippen molar-refractivity contribution in [3.63, 3.8) is 0 Å². The molecule has 1 saturated heterocycles. The lowest BCUT2D eigenvalue weighted by atomic mass is 10.1. The maximum absolute atomic E-state index is 13.4. The van der Waals surface area contributed by atoms with Gasteiger partial charge in [0.15, 0.2) is 15.5 Å². The van der Waals surface area contributed by atoms with Crippen LogP contribution in [-0.4, -0.2) is 66.5 Å². The smallest absolute Gasteiger partial charge is 0.286 e. The summed E-state index contributed by atoms with van der Waals surface area (Å²) < 4.78 is 30.9. The number of imidazole rings is 1. The third-order valence-corrected chi connectivity index (χ3v) is 8.26. The van der Waals surface area contributed by atoms with E-state index in [1.807, 2.05) is 24.3 Å². The summed E-state index contributed by atoms with van der Waals surface area (Å²) in [4.78, 5) is 29.1. The Hall–Kier alpha value is -3.40. The topological polar surface area (TPSA) is 137 Å². The van der Waals surface area contributed by atoms with E-state index in [2.05, 4.69) is 22.3 Å². The van der Waals surface area contributed by atoms with Gasteiger partial charge in [0, 0.05) is 54.9 Å². The molecule has 2 amide bonds. The summed E-state index contributed by atoms with van der Waals surface area (Å²) in [7, 11) is -1.61. The van der Waals surface area contributed by atoms with Crippen molar-refractivity contribution in [3.05, 3.63) is 69.5 Å². The number of rotatable bonds is 8. The minimum atomic E-state index is -3.12. The number of methoxy groups -OCH3 is 1. The van der Waals surface area contributed by atoms with Crippen LogP contribution in [0.3, 0.4) is 0 Å². The zero-order valence-corrected chi connectivity index (χ0v) is 23.9. The molecule has 0 aliphatic carbocycles. The van der Waals surface area contributed by atoms with Crippen molar-refractivity contribution in [2.75, 3.05) is 31.7 Å². The first-order valence-corrected chi connectivity index (χ1v) is 14.9. The number of aromatic nitrogens is 2. The molecule has 0 radical (unpaired) electrons. The largest absolute Gasteiger partial charge is 0.378 e. The molecule has 0 atom stereocenters. The summed E-state index contributed by atoms with van der Waals surface area (Å²) in [6.07, 6.45) is 0.543. The van der Waals surface area contributed by atoms with Crippen LogP contribution in [-0.2, 0) is 26.0 Å². The number of carbonyl (C=O) groups is 2. The monoisotopic (exact) mass is 603 g/mol. The molecule has 0 saturated carbocycles. The van der Waals surface area contributed by atoms with Gasteiger partial charge in [0.05, 0.1) is 28.8 Å². The number of amides is 2. The van der Waals surface area contributed by atoms with Crippen molar-refractivity contribution >= 4 is 44.9 Å². The molecular formula is C27H27Cl2N5O5S. The van der Waals surface area contributed by atoms with Gasteiger partial charge in [-0.2, -0.15) is 0 Å². The molecule has 210 valence electrons. The van der Waals surface area contributed by atoms with Crippen LogP contribution >= 0.6 is 23.2 Å². The molecule has 13 heteroatoms. The van der Waals surface area contributed by atoms with Crippen molar-refractivity contribution in [2.45, 2.75) is 19.4 Å². The fourth-order valence-corrected chi connectivity index (χ4v) is 5.79. The van der Waals surface area contributed by atoms with Crippen LogP contribution in [0.5, 0.6) is 0 Å². The molecule has 10 nitrogen and oxygen atoms in total. The minimum absolute atomic E-state index is 0.0456. The maximum Gasteiger partial charge on any atom is 0.286 e. The lowest BCUT2D eigenvalue weighted by Crippen LogP contribution is -2.50. The quantitative estimate of drug-likeness (QED) is 0.378. The second-order valence-electron chi connectivity index (χ2n) is 9.02. The predicted octanol–water partition coefficient (Wildman–Crippen LogP) is 2.98. The highest BCUT2D eigenvalue weighted by Gasteiger charge is 2.28. The number of primary amides is 1. The molecule has 3 N–H and O–H groups in total. The molecule has 40 heavy (non-hydrogen) atoms. The van der Waals surface area contributed by atoms with Gasteiger partial charge in [0.2, 0.25) is 5.91 Å². The molecular weight excluding hydrogens is 577 g/mol. The first-order valence-electron chi connectivity index (χ1n) is 12.3. The van der Waals surface area contributed by atoms with E-state index in [4.69, 9.17) is 33.7 Å². The van der Waals surface area contributed by atoms with Crippen molar-refractivity contribution in [3.8, 4) is 28.9 Å². The third-order valence-electron chi connectivity index (χ3n) is 6.10. The number of hydrogen-bond donors (Lipinski definition) is 2. The molecule has 1 aliphatic heterocycles. The van der Waals surface area contributed by atoms with E-state index in [1.54, 1.807) is 27.8 Å². The molecule has 2 aromatic carbocycles. The first-order chi connectivity index (χ1) is 19.1. The Morgan fingerprint density at radius 3 is 2.45 bits per heavy atom. The first kappa shape index (κ1) is 29.6. The minimum Gasteiger partial charge on any atom is -0.378 e. The van der Waals surface area contributed by atoms with Crippen LogP contribution in [0.2, 0.25) is 10.0 Å². The highest BCUT2D eigenvalue weighted by Crippen LogP contribution is 2.34. The van der Waals surface area contributed by atoms with Crippen LogP contribution in [0, 0.1) is 11.8 Å². The van der Waals surface area contributed by atoms with Crippen LogP contribution in [0.25, 0.3) is 17.1 Å². The summed E-state index contributed by atoms with van der Waals surface area (Å²) in [6.45, 7) is 0.391. The number of ether oxygens (including phenoxy) is 1. The molecule has 3 aromatic rings. The molecule has 1 aromatic heterocycles. The van der Waals surface area contributed by atoms with E-state index in [9.17, 15) is 18.0 Å². The van der Waals surface area contributed by atoms with E-state index in [0.717, 1.165) is 5.56 Å². The average Bonchev–Trinajstić information content (AvgIpc) is 3.27. The number of hydrazine groups is 1. The highest BCUT2D eigenvalue weighted by molar-refractivity contribution is 7.91. The summed E-state index contributed by atoms with van der Waals surface area (Å²) >= 11 is 12.7. The van der Waals surface area contributed by atoms with Gasteiger partial charge in [-0.25, -0.2) is 18.4 Å². The van der Waals surface area contributed by atoms with Crippen molar-refractivity contribution in [1.29, 1.82) is 0 Å². The summed E-state index contributed by atoms with van der Waals surface area (Å²) in [5.74, 6) is 5.30. The van der Waals surface area contributed by atoms with Crippen LogP contribution < -0.4 is 11.2 Å². The molecule has 0 unspecified atom stereocenters. The molecule has 1 aliphatic rings. The second-order valence-corrected chi connectivity index (χ2v) is 12.2. The van der Waals surface area contributed by atoms with E-state index < -0.39 is 21.7 Å².